The number of aryl methyl sites for hydroxylation is 1. The highest BCUT2D eigenvalue weighted by Gasteiger charge is 2.12. The second-order valence-electron chi connectivity index (χ2n) is 5.30. The summed E-state index contributed by atoms with van der Waals surface area (Å²) in [5.74, 6) is 0.207. The molecule has 1 aromatic heterocycles. The standard InChI is InChI=1S/C17H18BrNO2S/c18-14-11-16(22-12-14)5-6-17(20)13-1-3-15(4-2-13)19-7-9-21-10-8-19/h1-4,11-12H,5-10H2. The van der Waals surface area contributed by atoms with Gasteiger partial charge in [0.25, 0.3) is 0 Å². The molecule has 0 radical (unpaired) electrons. The van der Waals surface area contributed by atoms with Crippen LogP contribution in [0.3, 0.4) is 0 Å². The van der Waals surface area contributed by atoms with Gasteiger partial charge in [0.1, 0.15) is 0 Å². The molecule has 0 atom stereocenters. The fourth-order valence-electron chi connectivity index (χ4n) is 2.55. The molecule has 0 unspecified atom stereocenters. The maximum Gasteiger partial charge on any atom is 0.163 e. The van der Waals surface area contributed by atoms with Gasteiger partial charge in [-0.05, 0) is 52.7 Å². The molecule has 3 rings (SSSR count). The molecule has 1 aliphatic heterocycles. The van der Waals surface area contributed by atoms with Crippen molar-refractivity contribution in [3.8, 4) is 0 Å². The van der Waals surface area contributed by atoms with Crippen molar-refractivity contribution in [2.75, 3.05) is 31.2 Å². The summed E-state index contributed by atoms with van der Waals surface area (Å²) in [5, 5.41) is 2.05. The van der Waals surface area contributed by atoms with Crippen molar-refractivity contribution < 1.29 is 9.53 Å². The molecule has 0 N–H and O–H groups in total. The molecule has 2 heterocycles. The number of nitrogens with zero attached hydrogens (tertiary/aromatic N) is 1. The topological polar surface area (TPSA) is 29.5 Å². The number of carbonyl (C=O) groups excluding carboxylic acids is 1. The maximum absolute atomic E-state index is 12.3. The van der Waals surface area contributed by atoms with Crippen LogP contribution in [0.15, 0.2) is 40.2 Å². The van der Waals surface area contributed by atoms with E-state index in [1.165, 1.54) is 10.6 Å². The molecule has 1 aliphatic rings. The number of benzene rings is 1. The lowest BCUT2D eigenvalue weighted by molar-refractivity contribution is 0.0983. The monoisotopic (exact) mass is 379 g/mol. The van der Waals surface area contributed by atoms with Crippen molar-refractivity contribution in [2.24, 2.45) is 0 Å². The molecule has 0 saturated carbocycles. The van der Waals surface area contributed by atoms with Gasteiger partial charge in [0.15, 0.2) is 5.78 Å². The maximum atomic E-state index is 12.3. The third-order valence-electron chi connectivity index (χ3n) is 3.79. The lowest BCUT2D eigenvalue weighted by Gasteiger charge is -2.28. The minimum Gasteiger partial charge on any atom is -0.378 e. The molecular weight excluding hydrogens is 362 g/mol. The molecule has 2 aromatic rings. The van der Waals surface area contributed by atoms with Crippen LogP contribution in [-0.4, -0.2) is 32.1 Å². The first-order chi connectivity index (χ1) is 10.7. The predicted molar refractivity (Wildman–Crippen MR) is 94.1 cm³/mol. The Morgan fingerprint density at radius 2 is 1.95 bits per heavy atom. The molecule has 0 bridgehead atoms. The summed E-state index contributed by atoms with van der Waals surface area (Å²) in [4.78, 5) is 15.8. The molecule has 3 nitrogen and oxygen atoms in total. The van der Waals surface area contributed by atoms with Crippen molar-refractivity contribution in [2.45, 2.75) is 12.8 Å². The summed E-state index contributed by atoms with van der Waals surface area (Å²) < 4.78 is 6.45. The van der Waals surface area contributed by atoms with Crippen molar-refractivity contribution in [3.05, 3.63) is 50.6 Å². The van der Waals surface area contributed by atoms with E-state index >= 15 is 0 Å². The van der Waals surface area contributed by atoms with Crippen LogP contribution in [0.1, 0.15) is 21.7 Å². The lowest BCUT2D eigenvalue weighted by atomic mass is 10.1. The van der Waals surface area contributed by atoms with Crippen molar-refractivity contribution in [3.63, 3.8) is 0 Å². The molecule has 1 fully saturated rings. The number of hydrogen-bond acceptors (Lipinski definition) is 4. The minimum absolute atomic E-state index is 0.207. The third-order valence-corrected chi connectivity index (χ3v) is 5.54. The Bertz CT molecular complexity index is 632. The summed E-state index contributed by atoms with van der Waals surface area (Å²) in [5.41, 5.74) is 1.97. The van der Waals surface area contributed by atoms with Gasteiger partial charge in [0, 0.05) is 45.5 Å². The van der Waals surface area contributed by atoms with Crippen molar-refractivity contribution >= 4 is 38.7 Å². The quantitative estimate of drug-likeness (QED) is 0.730. The van der Waals surface area contributed by atoms with Crippen molar-refractivity contribution in [1.82, 2.24) is 0 Å². The molecule has 22 heavy (non-hydrogen) atoms. The van der Waals surface area contributed by atoms with Gasteiger partial charge < -0.3 is 9.64 Å². The van der Waals surface area contributed by atoms with E-state index in [0.717, 1.165) is 42.8 Å². The van der Waals surface area contributed by atoms with E-state index in [1.54, 1.807) is 11.3 Å². The summed E-state index contributed by atoms with van der Waals surface area (Å²) in [6.07, 6.45) is 1.37. The summed E-state index contributed by atoms with van der Waals surface area (Å²) in [6.45, 7) is 3.38. The van der Waals surface area contributed by atoms with E-state index in [0.29, 0.717) is 6.42 Å². The highest BCUT2D eigenvalue weighted by Crippen LogP contribution is 2.22. The third kappa shape index (κ3) is 3.97. The van der Waals surface area contributed by atoms with Gasteiger partial charge in [-0.25, -0.2) is 0 Å². The highest BCUT2D eigenvalue weighted by atomic mass is 79.9. The van der Waals surface area contributed by atoms with Crippen LogP contribution in [0.5, 0.6) is 0 Å². The average molecular weight is 380 g/mol. The molecule has 0 amide bonds. The first-order valence-corrected chi connectivity index (χ1v) is 9.08. The number of carbonyl (C=O) groups is 1. The second kappa shape index (κ2) is 7.40. The Morgan fingerprint density at radius 1 is 1.23 bits per heavy atom. The molecule has 1 saturated heterocycles. The first-order valence-electron chi connectivity index (χ1n) is 7.41. The Hall–Kier alpha value is -1.17. The van der Waals surface area contributed by atoms with Crippen LogP contribution in [0, 0.1) is 0 Å². The first kappa shape index (κ1) is 15.7. The van der Waals surface area contributed by atoms with Gasteiger partial charge in [-0.3, -0.25) is 4.79 Å². The number of ether oxygens (including phenoxy) is 1. The average Bonchev–Trinajstić information content (AvgIpc) is 2.99. The van der Waals surface area contributed by atoms with E-state index in [-0.39, 0.29) is 5.78 Å². The molecule has 5 heteroatoms. The number of ketones is 1. The smallest absolute Gasteiger partial charge is 0.163 e. The lowest BCUT2D eigenvalue weighted by Crippen LogP contribution is -2.36. The van der Waals surface area contributed by atoms with Gasteiger partial charge in [-0.15, -0.1) is 11.3 Å². The minimum atomic E-state index is 0.207. The predicted octanol–water partition coefficient (Wildman–Crippen LogP) is 4.16. The number of thiophene rings is 1. The van der Waals surface area contributed by atoms with E-state index in [4.69, 9.17) is 4.74 Å². The molecule has 0 aliphatic carbocycles. The van der Waals surface area contributed by atoms with Gasteiger partial charge >= 0.3 is 0 Å². The van der Waals surface area contributed by atoms with E-state index in [1.807, 2.05) is 24.3 Å². The summed E-state index contributed by atoms with van der Waals surface area (Å²) >= 11 is 5.13. The zero-order chi connectivity index (χ0) is 15.4. The fraction of sp³-hybridized carbons (Fsp3) is 0.353. The molecule has 0 spiro atoms. The number of Topliss-reactive ketones (excluding diaryl/α,β-unsaturated/α-hetero) is 1. The van der Waals surface area contributed by atoms with Gasteiger partial charge in [0.2, 0.25) is 0 Å². The van der Waals surface area contributed by atoms with E-state index < -0.39 is 0 Å². The number of anilines is 1. The number of rotatable bonds is 5. The fourth-order valence-corrected chi connectivity index (χ4v) is 4.00. The highest BCUT2D eigenvalue weighted by molar-refractivity contribution is 9.10. The Kier molecular flexibility index (Phi) is 5.28. The van der Waals surface area contributed by atoms with Crippen LogP contribution >= 0.6 is 27.3 Å². The normalized spacial score (nSPS) is 15.0. The van der Waals surface area contributed by atoms with Crippen LogP contribution < -0.4 is 4.90 Å². The van der Waals surface area contributed by atoms with Crippen LogP contribution in [-0.2, 0) is 11.2 Å². The van der Waals surface area contributed by atoms with Gasteiger partial charge in [0.05, 0.1) is 13.2 Å². The Balaban J connectivity index is 1.58. The van der Waals surface area contributed by atoms with Gasteiger partial charge in [-0.2, -0.15) is 0 Å². The summed E-state index contributed by atoms with van der Waals surface area (Å²) in [7, 11) is 0. The Labute approximate surface area is 143 Å². The number of halogens is 1. The van der Waals surface area contributed by atoms with Gasteiger partial charge in [-0.1, -0.05) is 0 Å². The molecule has 116 valence electrons. The SMILES string of the molecule is O=C(CCc1cc(Br)cs1)c1ccc(N2CCOCC2)cc1. The number of hydrogen-bond donors (Lipinski definition) is 0. The summed E-state index contributed by atoms with van der Waals surface area (Å²) in [6, 6.07) is 10.1. The zero-order valence-electron chi connectivity index (χ0n) is 12.3. The largest absolute Gasteiger partial charge is 0.378 e. The van der Waals surface area contributed by atoms with E-state index in [9.17, 15) is 4.79 Å². The number of morpholine rings is 1. The Morgan fingerprint density at radius 3 is 2.59 bits per heavy atom. The second-order valence-corrected chi connectivity index (χ2v) is 7.21. The van der Waals surface area contributed by atoms with E-state index in [2.05, 4.69) is 32.3 Å². The van der Waals surface area contributed by atoms with Crippen LogP contribution in [0.4, 0.5) is 5.69 Å². The zero-order valence-corrected chi connectivity index (χ0v) is 14.7. The molecular formula is C17H18BrNO2S. The molecule has 1 aromatic carbocycles. The van der Waals surface area contributed by atoms with Crippen molar-refractivity contribution in [1.29, 1.82) is 0 Å². The van der Waals surface area contributed by atoms with Crippen LogP contribution in [0.25, 0.3) is 0 Å². The van der Waals surface area contributed by atoms with Crippen LogP contribution in [0.2, 0.25) is 0 Å².